The van der Waals surface area contributed by atoms with Gasteiger partial charge in [-0.1, -0.05) is 6.42 Å². The highest BCUT2D eigenvalue weighted by atomic mass is 16.2. The van der Waals surface area contributed by atoms with Crippen molar-refractivity contribution in [2.45, 2.75) is 45.1 Å². The standard InChI is InChI=1S/C10H21N3O/c1-9-5-2-3-7-13(9)8-4-6-10(14)12-11/h9H,2-8,11H2,1H3,(H,12,14)/t9-/m1/s1. The van der Waals surface area contributed by atoms with Gasteiger partial charge < -0.3 is 4.90 Å². The molecule has 0 saturated carbocycles. The number of piperidine rings is 1. The van der Waals surface area contributed by atoms with Crippen LogP contribution < -0.4 is 11.3 Å². The minimum atomic E-state index is -0.0605. The largest absolute Gasteiger partial charge is 0.301 e. The minimum Gasteiger partial charge on any atom is -0.301 e. The van der Waals surface area contributed by atoms with Crippen molar-refractivity contribution in [3.05, 3.63) is 0 Å². The van der Waals surface area contributed by atoms with Gasteiger partial charge in [-0.05, 0) is 39.3 Å². The lowest BCUT2D eigenvalue weighted by Gasteiger charge is -2.33. The van der Waals surface area contributed by atoms with Gasteiger partial charge in [0.25, 0.3) is 0 Å². The highest BCUT2D eigenvalue weighted by molar-refractivity contribution is 5.75. The van der Waals surface area contributed by atoms with Crippen molar-refractivity contribution in [3.63, 3.8) is 0 Å². The Morgan fingerprint density at radius 1 is 1.57 bits per heavy atom. The molecule has 0 aliphatic carbocycles. The summed E-state index contributed by atoms with van der Waals surface area (Å²) in [4.78, 5) is 13.3. The summed E-state index contributed by atoms with van der Waals surface area (Å²) in [6, 6.07) is 0.685. The number of carbonyl (C=O) groups excluding carboxylic acids is 1. The first-order valence-electron chi connectivity index (χ1n) is 5.47. The molecule has 14 heavy (non-hydrogen) atoms. The van der Waals surface area contributed by atoms with E-state index in [1.807, 2.05) is 0 Å². The second kappa shape index (κ2) is 5.98. The van der Waals surface area contributed by atoms with E-state index in [0.717, 1.165) is 13.0 Å². The predicted octanol–water partition coefficient (Wildman–Crippen LogP) is 0.631. The number of nitrogens with one attached hydrogen (secondary N) is 1. The fraction of sp³-hybridized carbons (Fsp3) is 0.900. The van der Waals surface area contributed by atoms with Crippen LogP contribution in [0.4, 0.5) is 0 Å². The van der Waals surface area contributed by atoms with Crippen molar-refractivity contribution in [1.29, 1.82) is 0 Å². The lowest BCUT2D eigenvalue weighted by atomic mass is 10.0. The molecule has 0 radical (unpaired) electrons. The van der Waals surface area contributed by atoms with Crippen molar-refractivity contribution in [1.82, 2.24) is 10.3 Å². The van der Waals surface area contributed by atoms with E-state index < -0.39 is 0 Å². The number of nitrogens with zero attached hydrogens (tertiary/aromatic N) is 1. The van der Waals surface area contributed by atoms with Gasteiger partial charge in [0, 0.05) is 12.5 Å². The van der Waals surface area contributed by atoms with Gasteiger partial charge >= 0.3 is 0 Å². The molecule has 1 aliphatic rings. The number of nitrogens with two attached hydrogens (primary N) is 1. The van der Waals surface area contributed by atoms with Gasteiger partial charge in [0.2, 0.25) is 5.91 Å². The van der Waals surface area contributed by atoms with Crippen LogP contribution in [-0.4, -0.2) is 29.9 Å². The van der Waals surface area contributed by atoms with Crippen LogP contribution in [0.5, 0.6) is 0 Å². The first kappa shape index (κ1) is 11.5. The van der Waals surface area contributed by atoms with E-state index >= 15 is 0 Å². The number of hydrogen-bond donors (Lipinski definition) is 2. The smallest absolute Gasteiger partial charge is 0.233 e. The maximum absolute atomic E-state index is 10.9. The average Bonchev–Trinajstić information content (AvgIpc) is 2.20. The zero-order chi connectivity index (χ0) is 10.4. The summed E-state index contributed by atoms with van der Waals surface area (Å²) in [5.74, 6) is 4.94. The number of hydrogen-bond acceptors (Lipinski definition) is 3. The maximum atomic E-state index is 10.9. The monoisotopic (exact) mass is 199 g/mol. The number of likely N-dealkylation sites (tertiary alicyclic amines) is 1. The van der Waals surface area contributed by atoms with E-state index in [1.165, 1.54) is 25.8 Å². The predicted molar refractivity (Wildman–Crippen MR) is 56.5 cm³/mol. The lowest BCUT2D eigenvalue weighted by Crippen LogP contribution is -2.38. The zero-order valence-electron chi connectivity index (χ0n) is 8.96. The molecule has 1 saturated heterocycles. The van der Waals surface area contributed by atoms with Gasteiger partial charge in [-0.2, -0.15) is 0 Å². The van der Waals surface area contributed by atoms with E-state index in [4.69, 9.17) is 5.84 Å². The van der Waals surface area contributed by atoms with Crippen LogP contribution >= 0.6 is 0 Å². The molecule has 0 unspecified atom stereocenters. The molecule has 4 heteroatoms. The van der Waals surface area contributed by atoms with Crippen LogP contribution in [-0.2, 0) is 4.79 Å². The maximum Gasteiger partial charge on any atom is 0.233 e. The molecule has 0 aromatic carbocycles. The third kappa shape index (κ3) is 3.64. The quantitative estimate of drug-likeness (QED) is 0.397. The normalized spacial score (nSPS) is 23.4. The van der Waals surface area contributed by atoms with Gasteiger partial charge in [-0.25, -0.2) is 5.84 Å². The Morgan fingerprint density at radius 3 is 3.00 bits per heavy atom. The van der Waals surface area contributed by atoms with Gasteiger partial charge in [0.1, 0.15) is 0 Å². The fourth-order valence-electron chi connectivity index (χ4n) is 2.00. The molecule has 0 aromatic rings. The molecule has 1 amide bonds. The Labute approximate surface area is 85.8 Å². The van der Waals surface area contributed by atoms with Crippen molar-refractivity contribution >= 4 is 5.91 Å². The van der Waals surface area contributed by atoms with Crippen molar-refractivity contribution in [3.8, 4) is 0 Å². The van der Waals surface area contributed by atoms with Crippen LogP contribution in [0.15, 0.2) is 0 Å². The molecule has 1 aliphatic heterocycles. The van der Waals surface area contributed by atoms with Crippen molar-refractivity contribution in [2.24, 2.45) is 5.84 Å². The second-order valence-electron chi connectivity index (χ2n) is 4.05. The Morgan fingerprint density at radius 2 is 2.36 bits per heavy atom. The molecular formula is C10H21N3O. The molecule has 1 heterocycles. The summed E-state index contributed by atoms with van der Waals surface area (Å²) in [7, 11) is 0. The SMILES string of the molecule is C[C@@H]1CCCCN1CCCC(=O)NN. The van der Waals surface area contributed by atoms with E-state index in [0.29, 0.717) is 12.5 Å². The summed E-state index contributed by atoms with van der Waals surface area (Å²) >= 11 is 0. The van der Waals surface area contributed by atoms with Crippen LogP contribution in [0.25, 0.3) is 0 Å². The molecule has 0 spiro atoms. The highest BCUT2D eigenvalue weighted by Crippen LogP contribution is 2.16. The number of carbonyl (C=O) groups is 1. The van der Waals surface area contributed by atoms with Gasteiger partial charge in [0.15, 0.2) is 0 Å². The Balaban J connectivity index is 2.13. The fourth-order valence-corrected chi connectivity index (χ4v) is 2.00. The van der Waals surface area contributed by atoms with Gasteiger partial charge in [0.05, 0.1) is 0 Å². The lowest BCUT2D eigenvalue weighted by molar-refractivity contribution is -0.121. The van der Waals surface area contributed by atoms with Gasteiger partial charge in [-0.15, -0.1) is 0 Å². The second-order valence-corrected chi connectivity index (χ2v) is 4.05. The number of rotatable bonds is 4. The molecular weight excluding hydrogens is 178 g/mol. The molecule has 4 nitrogen and oxygen atoms in total. The summed E-state index contributed by atoms with van der Waals surface area (Å²) in [6.07, 6.45) is 5.39. The van der Waals surface area contributed by atoms with Crippen LogP contribution in [0, 0.1) is 0 Å². The van der Waals surface area contributed by atoms with Crippen molar-refractivity contribution < 1.29 is 4.79 Å². The first-order valence-corrected chi connectivity index (χ1v) is 5.47. The highest BCUT2D eigenvalue weighted by Gasteiger charge is 2.17. The van der Waals surface area contributed by atoms with E-state index in [1.54, 1.807) is 0 Å². The minimum absolute atomic E-state index is 0.0605. The van der Waals surface area contributed by atoms with Gasteiger partial charge in [-0.3, -0.25) is 10.2 Å². The molecule has 1 rings (SSSR count). The van der Waals surface area contributed by atoms with Crippen LogP contribution in [0.2, 0.25) is 0 Å². The number of hydrazine groups is 1. The zero-order valence-corrected chi connectivity index (χ0v) is 8.96. The molecule has 1 fully saturated rings. The van der Waals surface area contributed by atoms with E-state index in [2.05, 4.69) is 17.2 Å². The van der Waals surface area contributed by atoms with E-state index in [-0.39, 0.29) is 5.91 Å². The third-order valence-corrected chi connectivity index (χ3v) is 2.95. The molecule has 1 atom stereocenters. The Kier molecular flexibility index (Phi) is 4.90. The molecule has 82 valence electrons. The Bertz CT molecular complexity index is 184. The van der Waals surface area contributed by atoms with Crippen LogP contribution in [0.1, 0.15) is 39.0 Å². The average molecular weight is 199 g/mol. The Hall–Kier alpha value is -0.610. The third-order valence-electron chi connectivity index (χ3n) is 2.95. The molecule has 0 aromatic heterocycles. The summed E-state index contributed by atoms with van der Waals surface area (Å²) < 4.78 is 0. The number of amides is 1. The van der Waals surface area contributed by atoms with Crippen molar-refractivity contribution in [2.75, 3.05) is 13.1 Å². The summed E-state index contributed by atoms with van der Waals surface area (Å²) in [5.41, 5.74) is 2.16. The summed E-state index contributed by atoms with van der Waals surface area (Å²) in [6.45, 7) is 4.47. The van der Waals surface area contributed by atoms with E-state index in [9.17, 15) is 4.79 Å². The summed E-state index contributed by atoms with van der Waals surface area (Å²) in [5, 5.41) is 0. The first-order chi connectivity index (χ1) is 6.74. The molecule has 3 N–H and O–H groups in total. The van der Waals surface area contributed by atoms with Crippen LogP contribution in [0.3, 0.4) is 0 Å². The topological polar surface area (TPSA) is 58.4 Å². The molecule has 0 bridgehead atoms.